The Labute approximate surface area is 216 Å². The normalized spacial score (nSPS) is 11.3. The highest BCUT2D eigenvalue weighted by Gasteiger charge is 2.19. The van der Waals surface area contributed by atoms with Crippen molar-refractivity contribution in [3.05, 3.63) is 88.4 Å². The smallest absolute Gasteiger partial charge is 0.271 e. The molecular weight excluding hydrogens is 502 g/mol. The van der Waals surface area contributed by atoms with Gasteiger partial charge in [-0.15, -0.1) is 0 Å². The maximum absolute atomic E-state index is 12.5. The molecule has 0 spiro atoms. The SMILES string of the molecule is CCOc1ccc(/C=N/NC(=O)c2ccc(N(Cc3ccccc3Cl)S(C)(=O)=O)cc2)cc1OCC. The van der Waals surface area contributed by atoms with E-state index in [2.05, 4.69) is 10.5 Å². The van der Waals surface area contributed by atoms with Gasteiger partial charge in [0.1, 0.15) is 0 Å². The lowest BCUT2D eigenvalue weighted by atomic mass is 10.2. The molecule has 36 heavy (non-hydrogen) atoms. The van der Waals surface area contributed by atoms with Crippen LogP contribution in [0, 0.1) is 0 Å². The molecule has 0 aliphatic heterocycles. The second kappa shape index (κ2) is 12.4. The molecule has 190 valence electrons. The molecule has 3 aromatic carbocycles. The lowest BCUT2D eigenvalue weighted by Gasteiger charge is -2.23. The number of carbonyl (C=O) groups is 1. The van der Waals surface area contributed by atoms with Crippen molar-refractivity contribution in [1.29, 1.82) is 0 Å². The van der Waals surface area contributed by atoms with Gasteiger partial charge in [-0.2, -0.15) is 5.10 Å². The summed E-state index contributed by atoms with van der Waals surface area (Å²) >= 11 is 6.21. The monoisotopic (exact) mass is 529 g/mol. The number of benzene rings is 3. The van der Waals surface area contributed by atoms with Crippen LogP contribution in [-0.4, -0.2) is 40.0 Å². The lowest BCUT2D eigenvalue weighted by Crippen LogP contribution is -2.29. The van der Waals surface area contributed by atoms with E-state index in [1.54, 1.807) is 54.6 Å². The van der Waals surface area contributed by atoms with Crippen molar-refractivity contribution < 1.29 is 22.7 Å². The summed E-state index contributed by atoms with van der Waals surface area (Å²) in [5.41, 5.74) is 4.60. The third-order valence-corrected chi connectivity index (χ3v) is 6.55. The lowest BCUT2D eigenvalue weighted by molar-refractivity contribution is 0.0955. The predicted octanol–water partition coefficient (Wildman–Crippen LogP) is 4.87. The van der Waals surface area contributed by atoms with Crippen molar-refractivity contribution in [2.75, 3.05) is 23.8 Å². The second-order valence-corrected chi connectivity index (χ2v) is 9.99. The molecule has 3 aromatic rings. The number of hydrogen-bond donors (Lipinski definition) is 1. The molecule has 10 heteroatoms. The molecule has 0 fully saturated rings. The minimum Gasteiger partial charge on any atom is -0.490 e. The molecule has 3 rings (SSSR count). The summed E-state index contributed by atoms with van der Waals surface area (Å²) in [4.78, 5) is 12.5. The fourth-order valence-corrected chi connectivity index (χ4v) is 4.41. The van der Waals surface area contributed by atoms with Gasteiger partial charge >= 0.3 is 0 Å². The largest absolute Gasteiger partial charge is 0.490 e. The van der Waals surface area contributed by atoms with Crippen LogP contribution in [0.5, 0.6) is 11.5 Å². The van der Waals surface area contributed by atoms with Crippen molar-refractivity contribution in [2.45, 2.75) is 20.4 Å². The number of hydrogen-bond acceptors (Lipinski definition) is 6. The maximum Gasteiger partial charge on any atom is 0.271 e. The van der Waals surface area contributed by atoms with Gasteiger partial charge in [0.15, 0.2) is 11.5 Å². The first-order chi connectivity index (χ1) is 17.2. The molecule has 0 bridgehead atoms. The zero-order valence-electron chi connectivity index (χ0n) is 20.3. The van der Waals surface area contributed by atoms with Crippen LogP contribution in [0.3, 0.4) is 0 Å². The Kier molecular flexibility index (Phi) is 9.32. The Morgan fingerprint density at radius 1 is 1.00 bits per heavy atom. The first-order valence-corrected chi connectivity index (χ1v) is 13.5. The van der Waals surface area contributed by atoms with Crippen LogP contribution in [0.4, 0.5) is 5.69 Å². The van der Waals surface area contributed by atoms with Crippen molar-refractivity contribution in [3.63, 3.8) is 0 Å². The minimum atomic E-state index is -3.59. The first-order valence-electron chi connectivity index (χ1n) is 11.3. The van der Waals surface area contributed by atoms with Gasteiger partial charge in [0.25, 0.3) is 5.91 Å². The Morgan fingerprint density at radius 3 is 2.31 bits per heavy atom. The quantitative estimate of drug-likeness (QED) is 0.282. The molecule has 0 aliphatic rings. The molecule has 8 nitrogen and oxygen atoms in total. The van der Waals surface area contributed by atoms with E-state index in [1.165, 1.54) is 22.7 Å². The fourth-order valence-electron chi connectivity index (χ4n) is 3.34. The average Bonchev–Trinajstić information content (AvgIpc) is 2.84. The van der Waals surface area contributed by atoms with Gasteiger partial charge in [-0.05, 0) is 73.5 Å². The van der Waals surface area contributed by atoms with Gasteiger partial charge in [0, 0.05) is 10.6 Å². The Bertz CT molecular complexity index is 1330. The third-order valence-electron chi connectivity index (χ3n) is 5.04. The molecule has 0 saturated carbocycles. The Hall–Kier alpha value is -3.56. The van der Waals surface area contributed by atoms with Crippen LogP contribution in [-0.2, 0) is 16.6 Å². The van der Waals surface area contributed by atoms with Gasteiger partial charge in [-0.1, -0.05) is 29.8 Å². The molecule has 0 unspecified atom stereocenters. The molecule has 1 N–H and O–H groups in total. The molecule has 0 heterocycles. The van der Waals surface area contributed by atoms with E-state index in [0.29, 0.717) is 46.5 Å². The number of sulfonamides is 1. The van der Waals surface area contributed by atoms with E-state index in [1.807, 2.05) is 13.8 Å². The topological polar surface area (TPSA) is 97.3 Å². The van der Waals surface area contributed by atoms with Crippen molar-refractivity contribution in [3.8, 4) is 11.5 Å². The zero-order valence-corrected chi connectivity index (χ0v) is 21.8. The van der Waals surface area contributed by atoms with Crippen molar-refractivity contribution >= 4 is 39.4 Å². The summed E-state index contributed by atoms with van der Waals surface area (Å²) in [5, 5.41) is 4.49. The fraction of sp³-hybridized carbons (Fsp3) is 0.231. The maximum atomic E-state index is 12.5. The van der Waals surface area contributed by atoms with Crippen molar-refractivity contribution in [1.82, 2.24) is 5.43 Å². The van der Waals surface area contributed by atoms with Gasteiger partial charge in [0.2, 0.25) is 10.0 Å². The minimum absolute atomic E-state index is 0.0696. The highest BCUT2D eigenvalue weighted by Crippen LogP contribution is 2.28. The standard InChI is InChI=1S/C26H28ClN3O5S/c1-4-34-24-15-10-19(16-25(24)35-5-2)17-28-29-26(31)20-11-13-22(14-12-20)30(36(3,32)33)18-21-8-6-7-9-23(21)27/h6-17H,4-5,18H2,1-3H3,(H,29,31)/b28-17+. The molecule has 0 atom stereocenters. The summed E-state index contributed by atoms with van der Waals surface area (Å²) in [6.45, 7) is 4.85. The number of anilines is 1. The van der Waals surface area contributed by atoms with E-state index in [9.17, 15) is 13.2 Å². The average molecular weight is 530 g/mol. The first kappa shape index (κ1) is 27.0. The van der Waals surface area contributed by atoms with Crippen LogP contribution in [0.15, 0.2) is 71.8 Å². The van der Waals surface area contributed by atoms with Crippen LogP contribution in [0.25, 0.3) is 0 Å². The summed E-state index contributed by atoms with van der Waals surface area (Å²) in [6, 6.07) is 18.6. The summed E-state index contributed by atoms with van der Waals surface area (Å²) in [7, 11) is -3.59. The van der Waals surface area contributed by atoms with Crippen LogP contribution in [0.2, 0.25) is 5.02 Å². The Morgan fingerprint density at radius 2 is 1.67 bits per heavy atom. The number of nitrogens with zero attached hydrogens (tertiary/aromatic N) is 2. The van der Waals surface area contributed by atoms with E-state index in [0.717, 1.165) is 11.8 Å². The van der Waals surface area contributed by atoms with Gasteiger partial charge < -0.3 is 9.47 Å². The number of amides is 1. The van der Waals surface area contributed by atoms with Gasteiger partial charge in [-0.25, -0.2) is 13.8 Å². The summed E-state index contributed by atoms with van der Waals surface area (Å²) in [5.74, 6) is 0.793. The van der Waals surface area contributed by atoms with Crippen LogP contribution >= 0.6 is 11.6 Å². The number of halogens is 1. The van der Waals surface area contributed by atoms with Crippen LogP contribution in [0.1, 0.15) is 35.3 Å². The number of ether oxygens (including phenoxy) is 2. The van der Waals surface area contributed by atoms with Gasteiger partial charge in [-0.3, -0.25) is 9.10 Å². The highest BCUT2D eigenvalue weighted by atomic mass is 35.5. The predicted molar refractivity (Wildman–Crippen MR) is 143 cm³/mol. The van der Waals surface area contributed by atoms with E-state index in [-0.39, 0.29) is 6.54 Å². The Balaban J connectivity index is 1.70. The van der Waals surface area contributed by atoms with E-state index < -0.39 is 15.9 Å². The van der Waals surface area contributed by atoms with Crippen LogP contribution < -0.4 is 19.2 Å². The number of carbonyl (C=O) groups excluding carboxylic acids is 1. The number of rotatable bonds is 11. The summed E-state index contributed by atoms with van der Waals surface area (Å²) < 4.78 is 37.2. The summed E-state index contributed by atoms with van der Waals surface area (Å²) in [6.07, 6.45) is 2.62. The van der Waals surface area contributed by atoms with E-state index in [4.69, 9.17) is 21.1 Å². The third kappa shape index (κ3) is 7.22. The molecule has 0 radical (unpaired) electrons. The number of nitrogens with one attached hydrogen (secondary N) is 1. The highest BCUT2D eigenvalue weighted by molar-refractivity contribution is 7.92. The molecule has 1 amide bonds. The van der Waals surface area contributed by atoms with Gasteiger partial charge in [0.05, 0.1) is 37.9 Å². The molecule has 0 saturated heterocycles. The van der Waals surface area contributed by atoms with E-state index >= 15 is 0 Å². The second-order valence-electron chi connectivity index (χ2n) is 7.68. The number of hydrazone groups is 1. The molecule has 0 aliphatic carbocycles. The molecular formula is C26H28ClN3O5S. The zero-order chi connectivity index (χ0) is 26.1. The molecule has 0 aromatic heterocycles. The van der Waals surface area contributed by atoms with Crippen molar-refractivity contribution in [2.24, 2.45) is 5.10 Å².